The lowest BCUT2D eigenvalue weighted by molar-refractivity contribution is 0.0527. The van der Waals surface area contributed by atoms with Crippen LogP contribution in [0.2, 0.25) is 6.32 Å². The minimum atomic E-state index is -0.259. The molecule has 1 saturated carbocycles. The Morgan fingerprint density at radius 2 is 2.27 bits per heavy atom. The molecule has 0 aromatic rings. The third-order valence-corrected chi connectivity index (χ3v) is 3.48. The van der Waals surface area contributed by atoms with Crippen LogP contribution in [0.25, 0.3) is 0 Å². The molecule has 15 heavy (non-hydrogen) atoms. The summed E-state index contributed by atoms with van der Waals surface area (Å²) < 4.78 is 11.7. The summed E-state index contributed by atoms with van der Waals surface area (Å²) in [7, 11) is -0.259. The van der Waals surface area contributed by atoms with E-state index in [0.717, 1.165) is 12.8 Å². The maximum absolute atomic E-state index is 8.66. The Morgan fingerprint density at radius 1 is 1.60 bits per heavy atom. The predicted molar refractivity (Wildman–Crippen MR) is 58.1 cm³/mol. The average Bonchev–Trinajstić information content (AvgIpc) is 2.77. The van der Waals surface area contributed by atoms with Crippen LogP contribution in [0, 0.1) is 11.3 Å². The van der Waals surface area contributed by atoms with Gasteiger partial charge in [0.25, 0.3) is 0 Å². The summed E-state index contributed by atoms with van der Waals surface area (Å²) in [4.78, 5) is 0. The molecule has 80 valence electrons. The molecule has 0 unspecified atom stereocenters. The van der Waals surface area contributed by atoms with Gasteiger partial charge < -0.3 is 9.31 Å². The second-order valence-electron chi connectivity index (χ2n) is 4.52. The van der Waals surface area contributed by atoms with Crippen molar-refractivity contribution in [1.29, 1.82) is 5.26 Å². The van der Waals surface area contributed by atoms with E-state index in [-0.39, 0.29) is 18.8 Å². The van der Waals surface area contributed by atoms with Crippen LogP contribution in [-0.2, 0) is 9.31 Å². The van der Waals surface area contributed by atoms with Gasteiger partial charge in [-0.3, -0.25) is 0 Å². The molecule has 1 heterocycles. The van der Waals surface area contributed by atoms with Gasteiger partial charge in [0.1, 0.15) is 0 Å². The molecule has 4 heteroatoms. The molecule has 0 bridgehead atoms. The lowest BCUT2D eigenvalue weighted by atomic mass is 9.81. The van der Waals surface area contributed by atoms with Crippen molar-refractivity contribution in [2.45, 2.75) is 50.6 Å². The number of allylic oxidation sites excluding steroid dienone is 1. The monoisotopic (exact) mass is 205 g/mol. The Labute approximate surface area is 91.2 Å². The summed E-state index contributed by atoms with van der Waals surface area (Å²) in [6, 6.07) is 2.03. The van der Waals surface area contributed by atoms with Crippen LogP contribution >= 0.6 is 0 Å². The fourth-order valence-electron chi connectivity index (χ4n) is 2.57. The van der Waals surface area contributed by atoms with E-state index in [9.17, 15) is 0 Å². The quantitative estimate of drug-likeness (QED) is 0.513. The zero-order valence-corrected chi connectivity index (χ0v) is 9.16. The summed E-state index contributed by atoms with van der Waals surface area (Å²) in [5.74, 6) is 0. The molecule has 2 rings (SSSR count). The third-order valence-electron chi connectivity index (χ3n) is 3.48. The van der Waals surface area contributed by atoms with Crippen molar-refractivity contribution in [2.75, 3.05) is 0 Å². The molecule has 2 aliphatic rings. The fourth-order valence-corrected chi connectivity index (χ4v) is 2.57. The van der Waals surface area contributed by atoms with Gasteiger partial charge in [-0.15, -0.1) is 0 Å². The molecule has 1 atom stereocenters. The molecule has 1 saturated heterocycles. The highest BCUT2D eigenvalue weighted by Crippen LogP contribution is 2.42. The maximum Gasteiger partial charge on any atom is 0.463 e. The minimum Gasteiger partial charge on any atom is -0.405 e. The first-order valence-electron chi connectivity index (χ1n) is 5.57. The molecule has 1 spiro atoms. The Hall–Kier alpha value is -0.785. The van der Waals surface area contributed by atoms with Gasteiger partial charge in [0.2, 0.25) is 0 Å². The molecule has 2 fully saturated rings. The van der Waals surface area contributed by atoms with Crippen LogP contribution < -0.4 is 0 Å². The van der Waals surface area contributed by atoms with E-state index in [4.69, 9.17) is 14.6 Å². The van der Waals surface area contributed by atoms with Crippen molar-refractivity contribution in [2.24, 2.45) is 0 Å². The SMILES string of the molecule is C=C(C#N)CB1O[C@@H](C)C2(CCCC2)O1. The topological polar surface area (TPSA) is 42.2 Å². The van der Waals surface area contributed by atoms with E-state index in [1.54, 1.807) is 0 Å². The lowest BCUT2D eigenvalue weighted by Crippen LogP contribution is -2.34. The summed E-state index contributed by atoms with van der Waals surface area (Å²) in [6.07, 6.45) is 5.27. The number of nitrogens with zero attached hydrogens (tertiary/aromatic N) is 1. The second kappa shape index (κ2) is 4.00. The largest absolute Gasteiger partial charge is 0.463 e. The number of hydrogen-bond acceptors (Lipinski definition) is 3. The third kappa shape index (κ3) is 1.95. The Balaban J connectivity index is 1.98. The van der Waals surface area contributed by atoms with Crippen LogP contribution in [0.1, 0.15) is 32.6 Å². The first-order valence-corrected chi connectivity index (χ1v) is 5.57. The van der Waals surface area contributed by atoms with E-state index in [1.807, 2.05) is 6.07 Å². The second-order valence-corrected chi connectivity index (χ2v) is 4.52. The number of rotatable bonds is 2. The van der Waals surface area contributed by atoms with Crippen LogP contribution in [0.4, 0.5) is 0 Å². The Morgan fingerprint density at radius 3 is 2.87 bits per heavy atom. The van der Waals surface area contributed by atoms with E-state index in [1.165, 1.54) is 12.8 Å². The molecule has 0 amide bonds. The highest BCUT2D eigenvalue weighted by molar-refractivity contribution is 6.46. The van der Waals surface area contributed by atoms with Gasteiger partial charge in [0.15, 0.2) is 0 Å². The van der Waals surface area contributed by atoms with Crippen molar-refractivity contribution >= 4 is 7.12 Å². The molecule has 0 aromatic heterocycles. The summed E-state index contributed by atoms with van der Waals surface area (Å²) in [6.45, 7) is 5.73. The van der Waals surface area contributed by atoms with Gasteiger partial charge in [0, 0.05) is 11.9 Å². The van der Waals surface area contributed by atoms with Crippen molar-refractivity contribution < 1.29 is 9.31 Å². The van der Waals surface area contributed by atoms with Crippen LogP contribution in [0.3, 0.4) is 0 Å². The van der Waals surface area contributed by atoms with Crippen LogP contribution in [-0.4, -0.2) is 18.8 Å². The number of hydrogen-bond donors (Lipinski definition) is 0. The van der Waals surface area contributed by atoms with Gasteiger partial charge in [-0.2, -0.15) is 5.26 Å². The molecule has 3 nitrogen and oxygen atoms in total. The van der Waals surface area contributed by atoms with Crippen molar-refractivity contribution in [1.82, 2.24) is 0 Å². The molecule has 1 aliphatic heterocycles. The molecule has 0 radical (unpaired) electrons. The Kier molecular flexibility index (Phi) is 2.86. The van der Waals surface area contributed by atoms with E-state index in [0.29, 0.717) is 11.9 Å². The normalized spacial score (nSPS) is 28.3. The van der Waals surface area contributed by atoms with Crippen molar-refractivity contribution in [3.8, 4) is 6.07 Å². The van der Waals surface area contributed by atoms with Gasteiger partial charge in [-0.1, -0.05) is 19.4 Å². The molecular weight excluding hydrogens is 189 g/mol. The average molecular weight is 205 g/mol. The molecular formula is C11H16BNO2. The first kappa shape index (κ1) is 10.7. The number of nitriles is 1. The first-order chi connectivity index (χ1) is 7.16. The van der Waals surface area contributed by atoms with Gasteiger partial charge in [-0.25, -0.2) is 0 Å². The highest BCUT2D eigenvalue weighted by Gasteiger charge is 2.50. The maximum atomic E-state index is 8.66. The molecule has 0 aromatic carbocycles. The van der Waals surface area contributed by atoms with Crippen LogP contribution in [0.5, 0.6) is 0 Å². The fraction of sp³-hybridized carbons (Fsp3) is 0.727. The highest BCUT2D eigenvalue weighted by atomic mass is 16.7. The van der Waals surface area contributed by atoms with E-state index < -0.39 is 0 Å². The standard InChI is InChI=1S/C11H16BNO2/c1-9(8-13)7-12-14-10(2)11(15-12)5-3-4-6-11/h10H,1,3-7H2,2H3/t10-/m0/s1. The summed E-state index contributed by atoms with van der Waals surface area (Å²) >= 11 is 0. The molecule has 1 aliphatic carbocycles. The smallest absolute Gasteiger partial charge is 0.405 e. The van der Waals surface area contributed by atoms with Crippen molar-refractivity contribution in [3.63, 3.8) is 0 Å². The van der Waals surface area contributed by atoms with E-state index in [2.05, 4.69) is 13.5 Å². The van der Waals surface area contributed by atoms with E-state index >= 15 is 0 Å². The zero-order valence-electron chi connectivity index (χ0n) is 9.16. The summed E-state index contributed by atoms with van der Waals surface area (Å²) in [5, 5.41) is 8.66. The zero-order chi connectivity index (χ0) is 10.9. The van der Waals surface area contributed by atoms with Gasteiger partial charge in [-0.05, 0) is 19.8 Å². The predicted octanol–water partition coefficient (Wildman–Crippen LogP) is 2.30. The minimum absolute atomic E-state index is 0.0690. The summed E-state index contributed by atoms with van der Waals surface area (Å²) in [5.41, 5.74) is 0.461. The van der Waals surface area contributed by atoms with Gasteiger partial charge >= 0.3 is 7.12 Å². The Bertz CT molecular complexity index is 304. The van der Waals surface area contributed by atoms with Crippen LogP contribution in [0.15, 0.2) is 12.2 Å². The lowest BCUT2D eigenvalue weighted by Gasteiger charge is -2.26. The van der Waals surface area contributed by atoms with Gasteiger partial charge in [0.05, 0.1) is 17.8 Å². The van der Waals surface area contributed by atoms with Crippen molar-refractivity contribution in [3.05, 3.63) is 12.2 Å². The molecule has 0 N–H and O–H groups in total.